The van der Waals surface area contributed by atoms with Crippen molar-refractivity contribution in [3.63, 3.8) is 0 Å². The highest BCUT2D eigenvalue weighted by atomic mass is 16.4. The normalized spacial score (nSPS) is 12.8. The lowest BCUT2D eigenvalue weighted by Crippen LogP contribution is -2.41. The maximum Gasteiger partial charge on any atom is 0.321 e. The molecule has 4 nitrogen and oxygen atoms in total. The van der Waals surface area contributed by atoms with Crippen LogP contribution in [-0.4, -0.2) is 42.2 Å². The molecule has 0 spiro atoms. The predicted molar refractivity (Wildman–Crippen MR) is 52.5 cm³/mol. The minimum atomic E-state index is -0.949. The zero-order valence-electron chi connectivity index (χ0n) is 8.07. The van der Waals surface area contributed by atoms with Gasteiger partial charge in [-0.3, -0.25) is 4.79 Å². The Balaban J connectivity index is 3.54. The summed E-state index contributed by atoms with van der Waals surface area (Å²) in [5.74, 6) is -0.949. The SMILES string of the molecule is C=CCCCN(C)CC(N)C(=O)O. The van der Waals surface area contributed by atoms with Crippen LogP contribution in [0.3, 0.4) is 0 Å². The number of carboxylic acid groups (broad SMARTS) is 1. The van der Waals surface area contributed by atoms with Gasteiger partial charge in [-0.2, -0.15) is 0 Å². The van der Waals surface area contributed by atoms with E-state index < -0.39 is 12.0 Å². The van der Waals surface area contributed by atoms with Gasteiger partial charge in [-0.15, -0.1) is 6.58 Å². The first kappa shape index (κ1) is 12.1. The van der Waals surface area contributed by atoms with E-state index in [4.69, 9.17) is 10.8 Å². The van der Waals surface area contributed by atoms with Crippen LogP contribution in [-0.2, 0) is 4.79 Å². The van der Waals surface area contributed by atoms with E-state index in [-0.39, 0.29) is 0 Å². The number of rotatable bonds is 7. The second-order valence-corrected chi connectivity index (χ2v) is 3.14. The van der Waals surface area contributed by atoms with Gasteiger partial charge in [0, 0.05) is 6.54 Å². The van der Waals surface area contributed by atoms with Crippen LogP contribution in [0.1, 0.15) is 12.8 Å². The van der Waals surface area contributed by atoms with Crippen LogP contribution in [0, 0.1) is 0 Å². The molecule has 76 valence electrons. The maximum atomic E-state index is 10.4. The van der Waals surface area contributed by atoms with Crippen molar-refractivity contribution in [3.05, 3.63) is 12.7 Å². The molecule has 0 fully saturated rings. The number of nitrogens with two attached hydrogens (primary N) is 1. The van der Waals surface area contributed by atoms with E-state index >= 15 is 0 Å². The van der Waals surface area contributed by atoms with Crippen molar-refractivity contribution in [3.8, 4) is 0 Å². The summed E-state index contributed by atoms with van der Waals surface area (Å²) >= 11 is 0. The number of nitrogens with zero attached hydrogens (tertiary/aromatic N) is 1. The Kier molecular flexibility index (Phi) is 6.18. The molecule has 0 aliphatic heterocycles. The van der Waals surface area contributed by atoms with E-state index in [2.05, 4.69) is 6.58 Å². The Bertz CT molecular complexity index is 171. The predicted octanol–water partition coefficient (Wildman–Crippen LogP) is 0.296. The first-order valence-electron chi connectivity index (χ1n) is 4.35. The molecule has 0 aliphatic carbocycles. The van der Waals surface area contributed by atoms with Gasteiger partial charge in [0.15, 0.2) is 0 Å². The van der Waals surface area contributed by atoms with Gasteiger partial charge in [0.05, 0.1) is 0 Å². The van der Waals surface area contributed by atoms with Crippen molar-refractivity contribution in [2.75, 3.05) is 20.1 Å². The topological polar surface area (TPSA) is 66.6 Å². The molecule has 0 aliphatic rings. The molecular formula is C9H18N2O2. The van der Waals surface area contributed by atoms with Crippen molar-refractivity contribution < 1.29 is 9.90 Å². The Morgan fingerprint density at radius 3 is 2.85 bits per heavy atom. The molecule has 0 rings (SSSR count). The summed E-state index contributed by atoms with van der Waals surface area (Å²) in [6.45, 7) is 4.86. The van der Waals surface area contributed by atoms with Crippen LogP contribution in [0.4, 0.5) is 0 Å². The summed E-state index contributed by atoms with van der Waals surface area (Å²) in [6.07, 6.45) is 3.80. The molecule has 13 heavy (non-hydrogen) atoms. The molecule has 0 heterocycles. The van der Waals surface area contributed by atoms with Crippen molar-refractivity contribution >= 4 is 5.97 Å². The van der Waals surface area contributed by atoms with E-state index in [0.717, 1.165) is 19.4 Å². The number of likely N-dealkylation sites (N-methyl/N-ethyl adjacent to an activating group) is 1. The molecule has 0 bridgehead atoms. The molecule has 0 amide bonds. The van der Waals surface area contributed by atoms with Gasteiger partial charge in [-0.1, -0.05) is 6.08 Å². The van der Waals surface area contributed by atoms with Crippen LogP contribution in [0.5, 0.6) is 0 Å². The van der Waals surface area contributed by atoms with Crippen LogP contribution in [0.15, 0.2) is 12.7 Å². The van der Waals surface area contributed by atoms with Crippen molar-refractivity contribution in [2.24, 2.45) is 5.73 Å². The highest BCUT2D eigenvalue weighted by Gasteiger charge is 2.13. The molecule has 0 radical (unpaired) electrons. The van der Waals surface area contributed by atoms with Gasteiger partial charge in [0.1, 0.15) is 6.04 Å². The lowest BCUT2D eigenvalue weighted by Gasteiger charge is -2.18. The van der Waals surface area contributed by atoms with E-state index in [1.807, 2.05) is 18.0 Å². The monoisotopic (exact) mass is 186 g/mol. The molecule has 1 unspecified atom stereocenters. The first-order valence-corrected chi connectivity index (χ1v) is 4.35. The van der Waals surface area contributed by atoms with Crippen LogP contribution in [0.25, 0.3) is 0 Å². The molecule has 4 heteroatoms. The average Bonchev–Trinajstić information content (AvgIpc) is 2.04. The highest BCUT2D eigenvalue weighted by molar-refractivity contribution is 5.73. The standard InChI is InChI=1S/C9H18N2O2/c1-3-4-5-6-11(2)7-8(10)9(12)13/h3,8H,1,4-7,10H2,2H3,(H,12,13). The molecule has 0 aromatic heterocycles. The van der Waals surface area contributed by atoms with Gasteiger partial charge in [0.2, 0.25) is 0 Å². The fourth-order valence-corrected chi connectivity index (χ4v) is 1.01. The number of hydrogen-bond acceptors (Lipinski definition) is 3. The van der Waals surface area contributed by atoms with Gasteiger partial charge >= 0.3 is 5.97 Å². The van der Waals surface area contributed by atoms with E-state index in [9.17, 15) is 4.79 Å². The zero-order valence-corrected chi connectivity index (χ0v) is 8.07. The summed E-state index contributed by atoms with van der Waals surface area (Å²) < 4.78 is 0. The molecular weight excluding hydrogens is 168 g/mol. The second kappa shape index (κ2) is 6.62. The quantitative estimate of drug-likeness (QED) is 0.443. The summed E-state index contributed by atoms with van der Waals surface area (Å²) in [6, 6.07) is -0.784. The Morgan fingerprint density at radius 2 is 2.38 bits per heavy atom. The minimum Gasteiger partial charge on any atom is -0.480 e. The number of hydrogen-bond donors (Lipinski definition) is 2. The van der Waals surface area contributed by atoms with Gasteiger partial charge in [-0.05, 0) is 26.4 Å². The minimum absolute atomic E-state index is 0.395. The van der Waals surface area contributed by atoms with Crippen molar-refractivity contribution in [1.29, 1.82) is 0 Å². The van der Waals surface area contributed by atoms with Crippen LogP contribution >= 0.6 is 0 Å². The van der Waals surface area contributed by atoms with Crippen LogP contribution < -0.4 is 5.73 Å². The molecule has 0 aromatic carbocycles. The average molecular weight is 186 g/mol. The zero-order chi connectivity index (χ0) is 10.3. The lowest BCUT2D eigenvalue weighted by atomic mass is 10.2. The largest absolute Gasteiger partial charge is 0.480 e. The molecule has 3 N–H and O–H groups in total. The summed E-state index contributed by atoms with van der Waals surface area (Å²) in [7, 11) is 1.87. The van der Waals surface area contributed by atoms with Gasteiger partial charge < -0.3 is 15.7 Å². The Labute approximate surface area is 79.0 Å². The molecule has 0 saturated carbocycles. The maximum absolute atomic E-state index is 10.4. The number of carboxylic acids is 1. The first-order chi connectivity index (χ1) is 6.07. The third-order valence-corrected chi connectivity index (χ3v) is 1.77. The molecule has 1 atom stereocenters. The van der Waals surface area contributed by atoms with Gasteiger partial charge in [-0.25, -0.2) is 0 Å². The van der Waals surface area contributed by atoms with Crippen molar-refractivity contribution in [2.45, 2.75) is 18.9 Å². The summed E-state index contributed by atoms with van der Waals surface area (Å²) in [4.78, 5) is 12.3. The number of aliphatic carboxylic acids is 1. The lowest BCUT2D eigenvalue weighted by molar-refractivity contribution is -0.138. The van der Waals surface area contributed by atoms with Crippen molar-refractivity contribution in [1.82, 2.24) is 4.90 Å². The summed E-state index contributed by atoms with van der Waals surface area (Å²) in [5, 5.41) is 8.53. The third kappa shape index (κ3) is 6.31. The Hall–Kier alpha value is -0.870. The third-order valence-electron chi connectivity index (χ3n) is 1.77. The fraction of sp³-hybridized carbons (Fsp3) is 0.667. The number of unbranched alkanes of at least 4 members (excludes halogenated alkanes) is 1. The molecule has 0 aromatic rings. The highest BCUT2D eigenvalue weighted by Crippen LogP contribution is 1.94. The van der Waals surface area contributed by atoms with E-state index in [1.54, 1.807) is 0 Å². The number of allylic oxidation sites excluding steroid dienone is 1. The molecule has 0 saturated heterocycles. The smallest absolute Gasteiger partial charge is 0.321 e. The van der Waals surface area contributed by atoms with E-state index in [0.29, 0.717) is 6.54 Å². The van der Waals surface area contributed by atoms with Gasteiger partial charge in [0.25, 0.3) is 0 Å². The number of carbonyl (C=O) groups is 1. The second-order valence-electron chi connectivity index (χ2n) is 3.14. The Morgan fingerprint density at radius 1 is 1.77 bits per heavy atom. The van der Waals surface area contributed by atoms with E-state index in [1.165, 1.54) is 0 Å². The summed E-state index contributed by atoms with van der Waals surface area (Å²) in [5.41, 5.74) is 5.36. The fourth-order valence-electron chi connectivity index (χ4n) is 1.01. The van der Waals surface area contributed by atoms with Crippen LogP contribution in [0.2, 0.25) is 0 Å².